The number of urea groups is 1. The number of aliphatic hydroxyl groups excluding tert-OH is 1. The highest BCUT2D eigenvalue weighted by Crippen LogP contribution is 2.35. The van der Waals surface area contributed by atoms with Gasteiger partial charge in [0.25, 0.3) is 0 Å². The quantitative estimate of drug-likeness (QED) is 0.765. The Balaban J connectivity index is 2.22. The van der Waals surface area contributed by atoms with Crippen molar-refractivity contribution in [3.8, 4) is 0 Å². The average Bonchev–Trinajstić information content (AvgIpc) is 2.33. The van der Waals surface area contributed by atoms with Gasteiger partial charge in [-0.15, -0.1) is 0 Å². The van der Waals surface area contributed by atoms with Gasteiger partial charge in [-0.3, -0.25) is 15.0 Å². The van der Waals surface area contributed by atoms with Crippen molar-refractivity contribution in [1.82, 2.24) is 10.2 Å². The molecule has 0 atom stereocenters. The Morgan fingerprint density at radius 3 is 2.67 bits per heavy atom. The van der Waals surface area contributed by atoms with Gasteiger partial charge >= 0.3 is 6.03 Å². The van der Waals surface area contributed by atoms with Crippen LogP contribution in [0.1, 0.15) is 26.7 Å². The van der Waals surface area contributed by atoms with Gasteiger partial charge in [0.05, 0.1) is 5.57 Å². The van der Waals surface area contributed by atoms with Crippen LogP contribution in [0.2, 0.25) is 0 Å². The maximum atomic E-state index is 12.0. The summed E-state index contributed by atoms with van der Waals surface area (Å²) in [7, 11) is 1.59. The van der Waals surface area contributed by atoms with Crippen molar-refractivity contribution < 1.29 is 14.7 Å². The number of nitrogens with zero attached hydrogens (tertiary/aromatic N) is 2. The number of Topliss-reactive ketones (excluding diaryl/α,β-unsaturated/α-hetero) is 1. The number of rotatable bonds is 2. The number of carbonyl (C=O) groups excluding carboxylic acids is 2. The van der Waals surface area contributed by atoms with E-state index < -0.39 is 0 Å². The van der Waals surface area contributed by atoms with Gasteiger partial charge in [0.15, 0.2) is 5.78 Å². The second-order valence-electron chi connectivity index (χ2n) is 6.07. The molecule has 1 aliphatic heterocycles. The Morgan fingerprint density at radius 2 is 2.10 bits per heavy atom. The SMILES string of the molecule is C=C1C=C(/N=C/C2=C(O)CC(C)(C)CC2=O)NC(=O)N1C. The van der Waals surface area contributed by atoms with Gasteiger partial charge in [-0.1, -0.05) is 20.4 Å². The predicted molar refractivity (Wildman–Crippen MR) is 79.7 cm³/mol. The van der Waals surface area contributed by atoms with Gasteiger partial charge in [0.2, 0.25) is 0 Å². The number of aliphatic hydroxyl groups is 1. The lowest BCUT2D eigenvalue weighted by molar-refractivity contribution is -0.117. The Kier molecular flexibility index (Phi) is 3.72. The van der Waals surface area contributed by atoms with Crippen molar-refractivity contribution in [1.29, 1.82) is 0 Å². The number of amides is 2. The summed E-state index contributed by atoms with van der Waals surface area (Å²) in [6, 6.07) is -0.344. The first kappa shape index (κ1) is 15.0. The molecule has 0 aromatic carbocycles. The van der Waals surface area contributed by atoms with Crippen molar-refractivity contribution in [3.63, 3.8) is 0 Å². The molecule has 0 saturated heterocycles. The number of nitrogens with one attached hydrogen (secondary N) is 1. The number of hydrogen-bond acceptors (Lipinski definition) is 4. The van der Waals surface area contributed by atoms with Gasteiger partial charge in [0.1, 0.15) is 11.6 Å². The molecule has 0 radical (unpaired) electrons. The molecule has 0 aromatic heterocycles. The molecule has 21 heavy (non-hydrogen) atoms. The Bertz CT molecular complexity index is 612. The third-order valence-electron chi connectivity index (χ3n) is 3.50. The van der Waals surface area contributed by atoms with Gasteiger partial charge in [-0.2, -0.15) is 0 Å². The van der Waals surface area contributed by atoms with E-state index in [0.29, 0.717) is 24.4 Å². The molecule has 1 heterocycles. The molecule has 1 aliphatic carbocycles. The van der Waals surface area contributed by atoms with Crippen molar-refractivity contribution in [3.05, 3.63) is 35.5 Å². The first-order valence-electron chi connectivity index (χ1n) is 6.64. The summed E-state index contributed by atoms with van der Waals surface area (Å²) < 4.78 is 0. The highest BCUT2D eigenvalue weighted by Gasteiger charge is 2.32. The van der Waals surface area contributed by atoms with Crippen LogP contribution in [-0.4, -0.2) is 35.1 Å². The second-order valence-corrected chi connectivity index (χ2v) is 6.07. The lowest BCUT2D eigenvalue weighted by Crippen LogP contribution is -2.39. The Morgan fingerprint density at radius 1 is 1.43 bits per heavy atom. The average molecular weight is 289 g/mol. The van der Waals surface area contributed by atoms with Crippen molar-refractivity contribution in [2.24, 2.45) is 10.4 Å². The summed E-state index contributed by atoms with van der Waals surface area (Å²) in [5.41, 5.74) is 0.461. The van der Waals surface area contributed by atoms with Crippen LogP contribution in [-0.2, 0) is 4.79 Å². The van der Waals surface area contributed by atoms with Crippen LogP contribution in [0.4, 0.5) is 4.79 Å². The molecule has 0 saturated carbocycles. The summed E-state index contributed by atoms with van der Waals surface area (Å²) in [6.07, 6.45) is 3.69. The zero-order chi connectivity index (χ0) is 15.8. The monoisotopic (exact) mass is 289 g/mol. The molecule has 2 amide bonds. The molecule has 2 N–H and O–H groups in total. The summed E-state index contributed by atoms with van der Waals surface area (Å²) in [5, 5.41) is 12.5. The van der Waals surface area contributed by atoms with E-state index in [1.807, 2.05) is 13.8 Å². The minimum absolute atomic E-state index is 0.0404. The van der Waals surface area contributed by atoms with Crippen LogP contribution < -0.4 is 5.32 Å². The van der Waals surface area contributed by atoms with E-state index in [1.165, 1.54) is 11.1 Å². The van der Waals surface area contributed by atoms with Gasteiger partial charge < -0.3 is 5.11 Å². The lowest BCUT2D eigenvalue weighted by atomic mass is 9.77. The molecular weight excluding hydrogens is 270 g/mol. The minimum Gasteiger partial charge on any atom is -0.511 e. The van der Waals surface area contributed by atoms with Crippen molar-refractivity contribution >= 4 is 18.0 Å². The van der Waals surface area contributed by atoms with E-state index in [4.69, 9.17) is 0 Å². The van der Waals surface area contributed by atoms with Gasteiger partial charge in [-0.05, 0) is 5.41 Å². The number of allylic oxidation sites excluding steroid dienone is 3. The fraction of sp³-hybridized carbons (Fsp3) is 0.400. The van der Waals surface area contributed by atoms with Gasteiger partial charge in [-0.25, -0.2) is 9.79 Å². The predicted octanol–water partition coefficient (Wildman–Crippen LogP) is 2.27. The van der Waals surface area contributed by atoms with Crippen LogP contribution >= 0.6 is 0 Å². The number of aliphatic imine (C=N–C) groups is 1. The maximum absolute atomic E-state index is 12.0. The first-order chi connectivity index (χ1) is 9.69. The molecule has 6 nitrogen and oxygen atoms in total. The largest absolute Gasteiger partial charge is 0.511 e. The molecule has 0 spiro atoms. The summed E-state index contributed by atoms with van der Waals surface area (Å²) in [4.78, 5) is 29.0. The smallest absolute Gasteiger partial charge is 0.327 e. The molecule has 2 rings (SSSR count). The Labute approximate surface area is 123 Å². The minimum atomic E-state index is -0.344. The molecule has 0 fully saturated rings. The number of likely N-dealkylation sites (N-methyl/N-ethyl adjacent to an activating group) is 1. The zero-order valence-corrected chi connectivity index (χ0v) is 12.4. The van der Waals surface area contributed by atoms with Crippen LogP contribution in [0.3, 0.4) is 0 Å². The molecule has 0 unspecified atom stereocenters. The van der Waals surface area contributed by atoms with Crippen molar-refractivity contribution in [2.45, 2.75) is 26.7 Å². The molecule has 2 aliphatic rings. The molecule has 0 bridgehead atoms. The zero-order valence-electron chi connectivity index (χ0n) is 12.4. The third-order valence-corrected chi connectivity index (χ3v) is 3.50. The topological polar surface area (TPSA) is 82.0 Å². The van der Waals surface area contributed by atoms with Crippen molar-refractivity contribution in [2.75, 3.05) is 7.05 Å². The molecule has 6 heteroatoms. The highest BCUT2D eigenvalue weighted by atomic mass is 16.3. The lowest BCUT2D eigenvalue weighted by Gasteiger charge is -2.28. The van der Waals surface area contributed by atoms with Crippen LogP contribution in [0.5, 0.6) is 0 Å². The summed E-state index contributed by atoms with van der Waals surface area (Å²) in [6.45, 7) is 7.58. The van der Waals surface area contributed by atoms with Gasteiger partial charge in [0, 0.05) is 37.9 Å². The summed E-state index contributed by atoms with van der Waals surface area (Å²) >= 11 is 0. The maximum Gasteiger partial charge on any atom is 0.327 e. The van der Waals surface area contributed by atoms with E-state index in [-0.39, 0.29) is 28.6 Å². The Hall–Kier alpha value is -2.37. The van der Waals surface area contributed by atoms with E-state index in [9.17, 15) is 14.7 Å². The first-order valence-corrected chi connectivity index (χ1v) is 6.64. The summed E-state index contributed by atoms with van der Waals surface area (Å²) in [5.74, 6) is 0.186. The second kappa shape index (κ2) is 5.20. The number of carbonyl (C=O) groups is 2. The number of ketones is 1. The fourth-order valence-corrected chi connectivity index (χ4v) is 2.27. The van der Waals surface area contributed by atoms with E-state index >= 15 is 0 Å². The van der Waals surface area contributed by atoms with E-state index in [1.54, 1.807) is 13.1 Å². The number of hydrogen-bond donors (Lipinski definition) is 2. The van der Waals surface area contributed by atoms with E-state index in [0.717, 1.165) is 0 Å². The van der Waals surface area contributed by atoms with E-state index in [2.05, 4.69) is 16.9 Å². The molecule has 0 aromatic rings. The van der Waals surface area contributed by atoms with Crippen LogP contribution in [0.15, 0.2) is 40.5 Å². The highest BCUT2D eigenvalue weighted by molar-refractivity contribution is 6.14. The standard InChI is InChI=1S/C15H19N3O3/c1-9-5-13(17-14(21)18(9)4)16-8-10-11(19)6-15(2,3)7-12(10)20/h5,8,19H,1,6-7H2,2-4H3,(H,17,21)/b16-8+. The van der Waals surface area contributed by atoms with Crippen LogP contribution in [0.25, 0.3) is 0 Å². The normalized spacial score (nSPS) is 22.7. The molecule has 112 valence electrons. The molecular formula is C15H19N3O3. The fourth-order valence-electron chi connectivity index (χ4n) is 2.27. The van der Waals surface area contributed by atoms with Crippen LogP contribution in [0, 0.1) is 5.41 Å². The third kappa shape index (κ3) is 3.21.